The molecule has 0 aliphatic carbocycles. The molecule has 1 aliphatic heterocycles. The van der Waals surface area contributed by atoms with E-state index in [0.717, 1.165) is 18.8 Å². The Morgan fingerprint density at radius 2 is 2.00 bits per heavy atom. The average Bonchev–Trinajstić information content (AvgIpc) is 2.39. The van der Waals surface area contributed by atoms with Gasteiger partial charge in [0.1, 0.15) is 0 Å². The van der Waals surface area contributed by atoms with E-state index in [2.05, 4.69) is 9.62 Å². The SMILES string of the molecule is CNS(=O)(=O)c1ccc(N2CCOCC2)c(N)c1. The molecule has 18 heavy (non-hydrogen) atoms. The Labute approximate surface area is 107 Å². The number of nitrogens with zero attached hydrogens (tertiary/aromatic N) is 1. The first-order chi connectivity index (χ1) is 8.54. The average molecular weight is 271 g/mol. The third-order valence-electron chi connectivity index (χ3n) is 2.93. The van der Waals surface area contributed by atoms with Crippen LogP contribution in [-0.4, -0.2) is 41.8 Å². The number of hydrogen-bond donors (Lipinski definition) is 2. The van der Waals surface area contributed by atoms with Crippen molar-refractivity contribution in [2.45, 2.75) is 4.90 Å². The Balaban J connectivity index is 2.30. The number of benzene rings is 1. The number of anilines is 2. The molecule has 0 unspecified atom stereocenters. The molecule has 0 spiro atoms. The van der Waals surface area contributed by atoms with E-state index >= 15 is 0 Å². The maximum absolute atomic E-state index is 11.6. The van der Waals surface area contributed by atoms with Crippen molar-refractivity contribution in [2.75, 3.05) is 44.0 Å². The predicted octanol–water partition coefficient (Wildman–Crippen LogP) is 0.0135. The summed E-state index contributed by atoms with van der Waals surface area (Å²) < 4.78 is 30.8. The van der Waals surface area contributed by atoms with E-state index in [1.165, 1.54) is 13.1 Å². The number of rotatable bonds is 3. The van der Waals surface area contributed by atoms with Crippen molar-refractivity contribution in [1.29, 1.82) is 0 Å². The number of hydrogen-bond acceptors (Lipinski definition) is 5. The summed E-state index contributed by atoms with van der Waals surface area (Å²) in [5.74, 6) is 0. The monoisotopic (exact) mass is 271 g/mol. The van der Waals surface area contributed by atoms with Crippen LogP contribution in [0.2, 0.25) is 0 Å². The molecule has 0 aromatic heterocycles. The zero-order chi connectivity index (χ0) is 13.2. The van der Waals surface area contributed by atoms with Gasteiger partial charge in [-0.25, -0.2) is 13.1 Å². The summed E-state index contributed by atoms with van der Waals surface area (Å²) in [7, 11) is -2.06. The minimum Gasteiger partial charge on any atom is -0.397 e. The van der Waals surface area contributed by atoms with Crippen molar-refractivity contribution in [3.8, 4) is 0 Å². The smallest absolute Gasteiger partial charge is 0.240 e. The third kappa shape index (κ3) is 2.58. The molecular weight excluding hydrogens is 254 g/mol. The van der Waals surface area contributed by atoms with Gasteiger partial charge in [0, 0.05) is 13.1 Å². The molecule has 1 aliphatic rings. The van der Waals surface area contributed by atoms with E-state index in [1.807, 2.05) is 0 Å². The second-order valence-corrected chi connectivity index (χ2v) is 5.91. The van der Waals surface area contributed by atoms with Crippen LogP contribution in [0.4, 0.5) is 11.4 Å². The summed E-state index contributed by atoms with van der Waals surface area (Å²) in [4.78, 5) is 2.27. The molecule has 3 N–H and O–H groups in total. The van der Waals surface area contributed by atoms with Crippen LogP contribution >= 0.6 is 0 Å². The molecule has 7 heteroatoms. The Morgan fingerprint density at radius 1 is 1.33 bits per heavy atom. The van der Waals surface area contributed by atoms with Crippen LogP contribution < -0.4 is 15.4 Å². The number of nitrogens with two attached hydrogens (primary N) is 1. The second kappa shape index (κ2) is 5.13. The largest absolute Gasteiger partial charge is 0.397 e. The lowest BCUT2D eigenvalue weighted by molar-refractivity contribution is 0.123. The van der Waals surface area contributed by atoms with E-state index in [1.54, 1.807) is 12.1 Å². The summed E-state index contributed by atoms with van der Waals surface area (Å²) in [6, 6.07) is 4.79. The maximum atomic E-state index is 11.6. The number of morpholine rings is 1. The van der Waals surface area contributed by atoms with Gasteiger partial charge in [-0.05, 0) is 25.2 Å². The molecule has 0 radical (unpaired) electrons. The topological polar surface area (TPSA) is 84.7 Å². The zero-order valence-electron chi connectivity index (χ0n) is 10.2. The van der Waals surface area contributed by atoms with Gasteiger partial charge in [-0.15, -0.1) is 0 Å². The van der Waals surface area contributed by atoms with Crippen LogP contribution in [0, 0.1) is 0 Å². The van der Waals surface area contributed by atoms with E-state index in [4.69, 9.17) is 10.5 Å². The fourth-order valence-electron chi connectivity index (χ4n) is 1.91. The Hall–Kier alpha value is -1.31. The van der Waals surface area contributed by atoms with Gasteiger partial charge in [0.15, 0.2) is 0 Å². The first-order valence-electron chi connectivity index (χ1n) is 5.70. The van der Waals surface area contributed by atoms with Gasteiger partial charge in [0.05, 0.1) is 29.5 Å². The van der Waals surface area contributed by atoms with Crippen molar-refractivity contribution in [3.05, 3.63) is 18.2 Å². The molecule has 6 nitrogen and oxygen atoms in total. The highest BCUT2D eigenvalue weighted by atomic mass is 32.2. The first kappa shape index (κ1) is 13.1. The zero-order valence-corrected chi connectivity index (χ0v) is 11.0. The van der Waals surface area contributed by atoms with Crippen LogP contribution in [0.15, 0.2) is 23.1 Å². The summed E-state index contributed by atoms with van der Waals surface area (Å²) in [5.41, 5.74) is 7.25. The molecule has 0 atom stereocenters. The Kier molecular flexibility index (Phi) is 3.74. The number of sulfonamides is 1. The number of ether oxygens (including phenoxy) is 1. The first-order valence-corrected chi connectivity index (χ1v) is 7.18. The van der Waals surface area contributed by atoms with E-state index < -0.39 is 10.0 Å². The van der Waals surface area contributed by atoms with E-state index in [9.17, 15) is 8.42 Å². The van der Waals surface area contributed by atoms with Gasteiger partial charge in [-0.2, -0.15) is 0 Å². The molecule has 1 saturated heterocycles. The Bertz CT molecular complexity index is 524. The van der Waals surface area contributed by atoms with Crippen molar-refractivity contribution in [2.24, 2.45) is 0 Å². The highest BCUT2D eigenvalue weighted by Crippen LogP contribution is 2.26. The summed E-state index contributed by atoms with van der Waals surface area (Å²) >= 11 is 0. The predicted molar refractivity (Wildman–Crippen MR) is 70.1 cm³/mol. The van der Waals surface area contributed by atoms with Gasteiger partial charge < -0.3 is 15.4 Å². The minimum atomic E-state index is -3.44. The fraction of sp³-hybridized carbons (Fsp3) is 0.455. The van der Waals surface area contributed by atoms with Crippen LogP contribution in [-0.2, 0) is 14.8 Å². The van der Waals surface area contributed by atoms with Gasteiger partial charge >= 0.3 is 0 Å². The van der Waals surface area contributed by atoms with Crippen molar-refractivity contribution in [3.63, 3.8) is 0 Å². The van der Waals surface area contributed by atoms with Crippen LogP contribution in [0.3, 0.4) is 0 Å². The Morgan fingerprint density at radius 3 is 2.56 bits per heavy atom. The lowest BCUT2D eigenvalue weighted by atomic mass is 10.2. The molecule has 0 saturated carbocycles. The van der Waals surface area contributed by atoms with Crippen LogP contribution in [0.25, 0.3) is 0 Å². The van der Waals surface area contributed by atoms with Crippen molar-refractivity contribution < 1.29 is 13.2 Å². The van der Waals surface area contributed by atoms with Gasteiger partial charge in [0.25, 0.3) is 0 Å². The molecule has 2 rings (SSSR count). The van der Waals surface area contributed by atoms with E-state index in [0.29, 0.717) is 18.9 Å². The van der Waals surface area contributed by atoms with Crippen LogP contribution in [0.1, 0.15) is 0 Å². The standard InChI is InChI=1S/C11H17N3O3S/c1-13-18(15,16)9-2-3-11(10(12)8-9)14-4-6-17-7-5-14/h2-3,8,13H,4-7,12H2,1H3. The second-order valence-electron chi connectivity index (χ2n) is 4.03. The molecule has 1 aromatic rings. The van der Waals surface area contributed by atoms with Crippen LogP contribution in [0.5, 0.6) is 0 Å². The molecule has 1 heterocycles. The summed E-state index contributed by atoms with van der Waals surface area (Å²) in [5, 5.41) is 0. The molecule has 0 amide bonds. The van der Waals surface area contributed by atoms with E-state index in [-0.39, 0.29) is 4.90 Å². The van der Waals surface area contributed by atoms with Gasteiger partial charge in [0.2, 0.25) is 10.0 Å². The fourth-order valence-corrected chi connectivity index (χ4v) is 2.67. The highest BCUT2D eigenvalue weighted by molar-refractivity contribution is 7.89. The molecular formula is C11H17N3O3S. The van der Waals surface area contributed by atoms with Gasteiger partial charge in [-0.3, -0.25) is 0 Å². The quantitative estimate of drug-likeness (QED) is 0.757. The third-order valence-corrected chi connectivity index (χ3v) is 4.34. The summed E-state index contributed by atoms with van der Waals surface area (Å²) in [6.45, 7) is 2.86. The molecule has 0 bridgehead atoms. The lowest BCUT2D eigenvalue weighted by Gasteiger charge is -2.29. The lowest BCUT2D eigenvalue weighted by Crippen LogP contribution is -2.36. The highest BCUT2D eigenvalue weighted by Gasteiger charge is 2.17. The van der Waals surface area contributed by atoms with Crippen molar-refractivity contribution >= 4 is 21.4 Å². The summed E-state index contributed by atoms with van der Waals surface area (Å²) in [6.07, 6.45) is 0. The number of nitrogens with one attached hydrogen (secondary N) is 1. The maximum Gasteiger partial charge on any atom is 0.240 e. The molecule has 1 aromatic carbocycles. The molecule has 1 fully saturated rings. The minimum absolute atomic E-state index is 0.180. The van der Waals surface area contributed by atoms with Gasteiger partial charge in [-0.1, -0.05) is 0 Å². The van der Waals surface area contributed by atoms with Crippen molar-refractivity contribution in [1.82, 2.24) is 4.72 Å². The number of nitrogen functional groups attached to an aromatic ring is 1. The molecule has 100 valence electrons. The normalized spacial score (nSPS) is 16.8.